The quantitative estimate of drug-likeness (QED) is 0.481. The number of hydrogen-bond acceptors (Lipinski definition) is 4. The predicted molar refractivity (Wildman–Crippen MR) is 120 cm³/mol. The molecule has 1 atom stereocenters. The Morgan fingerprint density at radius 1 is 1.23 bits per heavy atom. The molecule has 1 aliphatic rings. The summed E-state index contributed by atoms with van der Waals surface area (Å²) < 4.78 is 20.7. The summed E-state index contributed by atoms with van der Waals surface area (Å²) in [6.07, 6.45) is 5.36. The second kappa shape index (κ2) is 8.31. The van der Waals surface area contributed by atoms with E-state index in [0.717, 1.165) is 22.5 Å². The van der Waals surface area contributed by atoms with Gasteiger partial charge in [-0.3, -0.25) is 9.69 Å². The zero-order chi connectivity index (χ0) is 22.1. The number of hydrogen-bond donors (Lipinski definition) is 1. The maximum absolute atomic E-state index is 13.2. The molecule has 1 unspecified atom stereocenters. The number of benzene rings is 2. The Balaban J connectivity index is 1.61. The highest BCUT2D eigenvalue weighted by Gasteiger charge is 2.34. The van der Waals surface area contributed by atoms with E-state index in [1.165, 1.54) is 17.0 Å². The summed E-state index contributed by atoms with van der Waals surface area (Å²) in [6.45, 7) is 3.77. The van der Waals surface area contributed by atoms with Crippen molar-refractivity contribution in [3.63, 3.8) is 0 Å². The number of nitrogens with zero attached hydrogens (tertiary/aromatic N) is 3. The fraction of sp³-hybridized carbons (Fsp3) is 0.174. The summed E-state index contributed by atoms with van der Waals surface area (Å²) in [5.74, 6) is 0.0830. The first-order chi connectivity index (χ1) is 14.9. The number of nitrogens with one attached hydrogen (secondary N) is 1. The Kier molecular flexibility index (Phi) is 5.56. The van der Waals surface area contributed by atoms with Crippen LogP contribution in [0.4, 0.5) is 4.39 Å². The Morgan fingerprint density at radius 2 is 1.97 bits per heavy atom. The number of imidazole rings is 1. The third-order valence-electron chi connectivity index (χ3n) is 5.15. The minimum absolute atomic E-state index is 0.241. The van der Waals surface area contributed by atoms with Crippen LogP contribution in [-0.4, -0.2) is 32.6 Å². The zero-order valence-electron chi connectivity index (χ0n) is 17.3. The SMILES string of the molecule is COc1cc(C=C2NC(=S)N(C(C)c3ccc(F)cc3)C2=O)ccc1-n1cnc(C)c1. The van der Waals surface area contributed by atoms with Gasteiger partial charge in [0, 0.05) is 6.20 Å². The van der Waals surface area contributed by atoms with Crippen LogP contribution in [0.3, 0.4) is 0 Å². The highest BCUT2D eigenvalue weighted by atomic mass is 32.1. The van der Waals surface area contributed by atoms with Gasteiger partial charge in [-0.05, 0) is 67.5 Å². The zero-order valence-corrected chi connectivity index (χ0v) is 18.1. The number of carbonyl (C=O) groups is 1. The fourth-order valence-electron chi connectivity index (χ4n) is 3.51. The van der Waals surface area contributed by atoms with Crippen LogP contribution in [0.2, 0.25) is 0 Å². The van der Waals surface area contributed by atoms with Crippen LogP contribution in [0, 0.1) is 12.7 Å². The van der Waals surface area contributed by atoms with Gasteiger partial charge in [0.25, 0.3) is 5.91 Å². The lowest BCUT2D eigenvalue weighted by Crippen LogP contribution is -2.33. The molecule has 3 aromatic rings. The molecule has 0 bridgehead atoms. The molecule has 8 heteroatoms. The van der Waals surface area contributed by atoms with E-state index in [0.29, 0.717) is 16.6 Å². The Bertz CT molecular complexity index is 1190. The van der Waals surface area contributed by atoms with Crippen molar-refractivity contribution in [3.8, 4) is 11.4 Å². The van der Waals surface area contributed by atoms with Gasteiger partial charge in [0.1, 0.15) is 17.3 Å². The van der Waals surface area contributed by atoms with E-state index >= 15 is 0 Å². The van der Waals surface area contributed by atoms with E-state index in [9.17, 15) is 9.18 Å². The van der Waals surface area contributed by atoms with Gasteiger partial charge in [0.05, 0.1) is 30.9 Å². The van der Waals surface area contributed by atoms with Gasteiger partial charge >= 0.3 is 0 Å². The third kappa shape index (κ3) is 4.06. The fourth-order valence-corrected chi connectivity index (χ4v) is 3.86. The number of methoxy groups -OCH3 is 1. The van der Waals surface area contributed by atoms with E-state index < -0.39 is 0 Å². The first-order valence-electron chi connectivity index (χ1n) is 9.68. The molecule has 31 heavy (non-hydrogen) atoms. The molecule has 0 saturated carbocycles. The Hall–Kier alpha value is -3.52. The highest BCUT2D eigenvalue weighted by molar-refractivity contribution is 7.80. The summed E-state index contributed by atoms with van der Waals surface area (Å²) >= 11 is 5.39. The molecule has 4 rings (SSSR count). The monoisotopic (exact) mass is 436 g/mol. The molecule has 1 aromatic heterocycles. The second-order valence-corrected chi connectivity index (χ2v) is 7.63. The maximum atomic E-state index is 13.2. The van der Waals surface area contributed by atoms with Crippen molar-refractivity contribution in [2.75, 3.05) is 7.11 Å². The molecule has 1 fully saturated rings. The third-order valence-corrected chi connectivity index (χ3v) is 5.45. The van der Waals surface area contributed by atoms with Crippen molar-refractivity contribution in [3.05, 3.63) is 83.3 Å². The van der Waals surface area contributed by atoms with Gasteiger partial charge in [-0.2, -0.15) is 0 Å². The van der Waals surface area contributed by atoms with E-state index in [2.05, 4.69) is 10.3 Å². The topological polar surface area (TPSA) is 59.4 Å². The standard InChI is InChI=1S/C23H21FN4O2S/c1-14-12-27(13-25-14)20-9-4-16(11-21(20)30-3)10-19-22(29)28(23(31)26-19)15(2)17-5-7-18(24)8-6-17/h4-13,15H,1-3H3,(H,26,31). The molecule has 0 radical (unpaired) electrons. The normalized spacial score (nSPS) is 16.0. The van der Waals surface area contributed by atoms with Gasteiger partial charge in [-0.25, -0.2) is 9.37 Å². The second-order valence-electron chi connectivity index (χ2n) is 7.24. The summed E-state index contributed by atoms with van der Waals surface area (Å²) in [6, 6.07) is 11.4. The molecular formula is C23H21FN4O2S. The molecule has 6 nitrogen and oxygen atoms in total. The number of aromatic nitrogens is 2. The number of ether oxygens (including phenoxy) is 1. The number of thiocarbonyl (C=S) groups is 1. The van der Waals surface area contributed by atoms with Crippen LogP contribution >= 0.6 is 12.2 Å². The molecule has 1 aliphatic heterocycles. The Labute approximate surface area is 185 Å². The Morgan fingerprint density at radius 3 is 2.61 bits per heavy atom. The first-order valence-corrected chi connectivity index (χ1v) is 10.1. The summed E-state index contributed by atoms with van der Waals surface area (Å²) in [4.78, 5) is 18.8. The van der Waals surface area contributed by atoms with Crippen LogP contribution in [0.25, 0.3) is 11.8 Å². The molecule has 158 valence electrons. The van der Waals surface area contributed by atoms with Crippen LogP contribution < -0.4 is 10.1 Å². The molecule has 2 aromatic carbocycles. The number of aryl methyl sites for hydroxylation is 1. The number of halogens is 1. The lowest BCUT2D eigenvalue weighted by atomic mass is 10.1. The number of rotatable bonds is 5. The van der Waals surface area contributed by atoms with Gasteiger partial charge in [-0.15, -0.1) is 0 Å². The number of carbonyl (C=O) groups excluding carboxylic acids is 1. The van der Waals surface area contributed by atoms with Crippen molar-refractivity contribution in [1.29, 1.82) is 0 Å². The first kappa shape index (κ1) is 20.7. The summed E-state index contributed by atoms with van der Waals surface area (Å²) in [5, 5.41) is 3.30. The molecule has 0 aliphatic carbocycles. The van der Waals surface area contributed by atoms with Crippen molar-refractivity contribution in [2.24, 2.45) is 0 Å². The van der Waals surface area contributed by atoms with Crippen LogP contribution in [-0.2, 0) is 4.79 Å². The van der Waals surface area contributed by atoms with Crippen molar-refractivity contribution in [2.45, 2.75) is 19.9 Å². The van der Waals surface area contributed by atoms with Gasteiger partial charge in [0.2, 0.25) is 0 Å². The summed E-state index contributed by atoms with van der Waals surface area (Å²) in [7, 11) is 1.60. The molecule has 1 amide bonds. The maximum Gasteiger partial charge on any atom is 0.277 e. The van der Waals surface area contributed by atoms with E-state index in [4.69, 9.17) is 17.0 Å². The van der Waals surface area contributed by atoms with Gasteiger partial charge < -0.3 is 14.6 Å². The van der Waals surface area contributed by atoms with Crippen molar-refractivity contribution >= 4 is 29.3 Å². The largest absolute Gasteiger partial charge is 0.495 e. The van der Waals surface area contributed by atoms with Crippen LogP contribution in [0.15, 0.2) is 60.7 Å². The van der Waals surface area contributed by atoms with Gasteiger partial charge in [0.15, 0.2) is 5.11 Å². The molecule has 1 N–H and O–H groups in total. The average molecular weight is 437 g/mol. The lowest BCUT2D eigenvalue weighted by Gasteiger charge is -2.23. The molecule has 0 spiro atoms. The van der Waals surface area contributed by atoms with Crippen molar-refractivity contribution < 1.29 is 13.9 Å². The van der Waals surface area contributed by atoms with E-state index in [1.54, 1.807) is 31.6 Å². The van der Waals surface area contributed by atoms with E-state index in [1.807, 2.05) is 42.8 Å². The van der Waals surface area contributed by atoms with E-state index in [-0.39, 0.29) is 17.8 Å². The van der Waals surface area contributed by atoms with Gasteiger partial charge in [-0.1, -0.05) is 18.2 Å². The number of amides is 1. The highest BCUT2D eigenvalue weighted by Crippen LogP contribution is 2.29. The smallest absolute Gasteiger partial charge is 0.277 e. The van der Waals surface area contributed by atoms with Crippen molar-refractivity contribution in [1.82, 2.24) is 19.8 Å². The molecular weight excluding hydrogens is 415 g/mol. The molecule has 2 heterocycles. The predicted octanol–water partition coefficient (Wildman–Crippen LogP) is 4.15. The summed E-state index contributed by atoms with van der Waals surface area (Å²) in [5.41, 5.74) is 3.69. The lowest BCUT2D eigenvalue weighted by molar-refractivity contribution is -0.123. The molecule has 1 saturated heterocycles. The van der Waals surface area contributed by atoms with Crippen LogP contribution in [0.1, 0.15) is 29.8 Å². The average Bonchev–Trinajstić information content (AvgIpc) is 3.30. The minimum Gasteiger partial charge on any atom is -0.495 e. The van der Waals surface area contributed by atoms with Crippen LogP contribution in [0.5, 0.6) is 5.75 Å². The minimum atomic E-state index is -0.333.